The van der Waals surface area contributed by atoms with Crippen molar-refractivity contribution in [3.63, 3.8) is 0 Å². The summed E-state index contributed by atoms with van der Waals surface area (Å²) in [5, 5.41) is 1.30. The monoisotopic (exact) mass is 362 g/mol. The van der Waals surface area contributed by atoms with E-state index >= 15 is 0 Å². The Labute approximate surface area is 162 Å². The molecule has 1 fully saturated rings. The first kappa shape index (κ1) is 18.2. The van der Waals surface area contributed by atoms with Crippen LogP contribution in [0.4, 0.5) is 0 Å². The van der Waals surface area contributed by atoms with Gasteiger partial charge in [-0.05, 0) is 61.6 Å². The fraction of sp³-hybridized carbons (Fsp3) is 0.435. The summed E-state index contributed by atoms with van der Waals surface area (Å²) in [5.41, 5.74) is 3.87. The largest absolute Gasteiger partial charge is 0.361 e. The third kappa shape index (κ3) is 4.40. The number of H-pyrrole nitrogens is 1. The molecule has 0 saturated carbocycles. The van der Waals surface area contributed by atoms with Crippen molar-refractivity contribution in [3.8, 4) is 0 Å². The van der Waals surface area contributed by atoms with Gasteiger partial charge < -0.3 is 9.88 Å². The number of fused-ring (bicyclic) bond motifs is 1. The molecule has 0 amide bonds. The predicted octanol–water partition coefficient (Wildman–Crippen LogP) is 4.09. The maximum atomic E-state index is 4.53. The lowest BCUT2D eigenvalue weighted by molar-refractivity contribution is 0.106. The SMILES string of the molecule is CCN1CCC(N(CCc2ccccn2)Cc2cccc3cc[nH]c23)CC1. The second-order valence-corrected chi connectivity index (χ2v) is 7.57. The van der Waals surface area contributed by atoms with Crippen molar-refractivity contribution in [2.24, 2.45) is 0 Å². The molecule has 1 saturated heterocycles. The number of benzene rings is 1. The zero-order valence-electron chi connectivity index (χ0n) is 16.3. The van der Waals surface area contributed by atoms with Gasteiger partial charge in [0.25, 0.3) is 0 Å². The normalized spacial score (nSPS) is 16.4. The van der Waals surface area contributed by atoms with Crippen LogP contribution in [0.15, 0.2) is 54.9 Å². The van der Waals surface area contributed by atoms with E-state index in [1.807, 2.05) is 18.5 Å². The van der Waals surface area contributed by atoms with Crippen LogP contribution in [0.25, 0.3) is 10.9 Å². The molecular formula is C23H30N4. The Morgan fingerprint density at radius 3 is 2.78 bits per heavy atom. The highest BCUT2D eigenvalue weighted by Crippen LogP contribution is 2.23. The number of aromatic amines is 1. The standard InChI is InChI=1S/C23H30N4/c1-2-26-15-11-22(12-16-26)27(17-10-21-8-3-4-13-24-21)18-20-7-5-6-19-9-14-25-23(19)20/h3-9,13-14,22,25H,2,10-12,15-18H2,1H3. The number of pyridine rings is 1. The minimum absolute atomic E-state index is 0.654. The molecule has 142 valence electrons. The number of likely N-dealkylation sites (tertiary alicyclic amines) is 1. The second-order valence-electron chi connectivity index (χ2n) is 7.57. The van der Waals surface area contributed by atoms with Gasteiger partial charge in [0.15, 0.2) is 0 Å². The van der Waals surface area contributed by atoms with E-state index in [0.29, 0.717) is 6.04 Å². The molecule has 1 N–H and O–H groups in total. The summed E-state index contributed by atoms with van der Waals surface area (Å²) in [7, 11) is 0. The first-order valence-corrected chi connectivity index (χ1v) is 10.2. The summed E-state index contributed by atoms with van der Waals surface area (Å²) in [4.78, 5) is 13.2. The molecule has 2 aromatic heterocycles. The number of rotatable bonds is 7. The Morgan fingerprint density at radius 1 is 1.11 bits per heavy atom. The molecule has 3 heterocycles. The molecule has 1 aliphatic rings. The minimum atomic E-state index is 0.654. The Balaban J connectivity index is 1.51. The van der Waals surface area contributed by atoms with Gasteiger partial charge in [0, 0.05) is 49.2 Å². The van der Waals surface area contributed by atoms with Crippen LogP contribution < -0.4 is 0 Å². The highest BCUT2D eigenvalue weighted by atomic mass is 15.2. The molecule has 0 unspecified atom stereocenters. The Hall–Kier alpha value is -2.17. The summed E-state index contributed by atoms with van der Waals surface area (Å²) in [6.45, 7) is 7.93. The van der Waals surface area contributed by atoms with Crippen LogP contribution in [0, 0.1) is 0 Å². The molecule has 4 heteroatoms. The third-order valence-corrected chi connectivity index (χ3v) is 5.95. The van der Waals surface area contributed by atoms with Gasteiger partial charge in [0.1, 0.15) is 0 Å². The smallest absolute Gasteiger partial charge is 0.0499 e. The van der Waals surface area contributed by atoms with E-state index < -0.39 is 0 Å². The highest BCUT2D eigenvalue weighted by Gasteiger charge is 2.24. The zero-order chi connectivity index (χ0) is 18.5. The number of aromatic nitrogens is 2. The summed E-state index contributed by atoms with van der Waals surface area (Å²) in [5.74, 6) is 0. The van der Waals surface area contributed by atoms with E-state index in [-0.39, 0.29) is 0 Å². The zero-order valence-corrected chi connectivity index (χ0v) is 16.3. The van der Waals surface area contributed by atoms with Crippen LogP contribution in [0.5, 0.6) is 0 Å². The number of nitrogens with one attached hydrogen (secondary N) is 1. The molecule has 4 rings (SSSR count). The summed E-state index contributed by atoms with van der Waals surface area (Å²) < 4.78 is 0. The number of hydrogen-bond donors (Lipinski definition) is 1. The average Bonchev–Trinajstić information content (AvgIpc) is 3.22. The maximum absolute atomic E-state index is 4.53. The lowest BCUT2D eigenvalue weighted by atomic mass is 10.0. The molecule has 27 heavy (non-hydrogen) atoms. The maximum Gasteiger partial charge on any atom is 0.0499 e. The van der Waals surface area contributed by atoms with Crippen molar-refractivity contribution >= 4 is 10.9 Å². The van der Waals surface area contributed by atoms with Crippen molar-refractivity contribution in [1.82, 2.24) is 19.8 Å². The van der Waals surface area contributed by atoms with Crippen LogP contribution in [-0.4, -0.2) is 52.0 Å². The number of hydrogen-bond acceptors (Lipinski definition) is 3. The molecule has 1 aromatic carbocycles. The lowest BCUT2D eigenvalue weighted by Gasteiger charge is -2.38. The van der Waals surface area contributed by atoms with Gasteiger partial charge >= 0.3 is 0 Å². The minimum Gasteiger partial charge on any atom is -0.361 e. The van der Waals surface area contributed by atoms with Gasteiger partial charge in [-0.2, -0.15) is 0 Å². The molecule has 0 radical (unpaired) electrons. The first-order valence-electron chi connectivity index (χ1n) is 10.2. The first-order chi connectivity index (χ1) is 13.3. The number of nitrogens with zero attached hydrogens (tertiary/aromatic N) is 3. The van der Waals surface area contributed by atoms with Gasteiger partial charge in [0.2, 0.25) is 0 Å². The average molecular weight is 363 g/mol. The second kappa shape index (κ2) is 8.68. The number of para-hydroxylation sites is 1. The summed E-state index contributed by atoms with van der Waals surface area (Å²) >= 11 is 0. The quantitative estimate of drug-likeness (QED) is 0.687. The van der Waals surface area contributed by atoms with E-state index in [0.717, 1.165) is 19.5 Å². The third-order valence-electron chi connectivity index (χ3n) is 5.95. The van der Waals surface area contributed by atoms with Gasteiger partial charge in [-0.3, -0.25) is 9.88 Å². The molecule has 0 bridgehead atoms. The topological polar surface area (TPSA) is 35.2 Å². The van der Waals surface area contributed by atoms with Crippen LogP contribution in [0.2, 0.25) is 0 Å². The molecule has 0 spiro atoms. The lowest BCUT2D eigenvalue weighted by Crippen LogP contribution is -2.45. The van der Waals surface area contributed by atoms with Crippen molar-refractivity contribution in [1.29, 1.82) is 0 Å². The van der Waals surface area contributed by atoms with Gasteiger partial charge in [-0.25, -0.2) is 0 Å². The molecule has 0 aliphatic carbocycles. The summed E-state index contributed by atoms with van der Waals surface area (Å²) in [6, 6.07) is 15.7. The fourth-order valence-electron chi connectivity index (χ4n) is 4.30. The van der Waals surface area contributed by atoms with Crippen LogP contribution in [-0.2, 0) is 13.0 Å². The van der Waals surface area contributed by atoms with E-state index in [9.17, 15) is 0 Å². The highest BCUT2D eigenvalue weighted by molar-refractivity contribution is 5.82. The van der Waals surface area contributed by atoms with Crippen LogP contribution >= 0.6 is 0 Å². The van der Waals surface area contributed by atoms with Gasteiger partial charge in [-0.1, -0.05) is 31.2 Å². The van der Waals surface area contributed by atoms with Crippen molar-refractivity contribution in [2.75, 3.05) is 26.2 Å². The molecule has 3 aromatic rings. The Kier molecular flexibility index (Phi) is 5.85. The van der Waals surface area contributed by atoms with E-state index in [1.165, 1.54) is 54.6 Å². The summed E-state index contributed by atoms with van der Waals surface area (Å²) in [6.07, 6.45) is 7.48. The molecular weight excluding hydrogens is 332 g/mol. The van der Waals surface area contributed by atoms with Crippen LogP contribution in [0.1, 0.15) is 31.0 Å². The van der Waals surface area contributed by atoms with E-state index in [2.05, 4.69) is 63.1 Å². The Bertz CT molecular complexity index is 834. The van der Waals surface area contributed by atoms with E-state index in [1.54, 1.807) is 0 Å². The van der Waals surface area contributed by atoms with Crippen molar-refractivity contribution < 1.29 is 0 Å². The van der Waals surface area contributed by atoms with Crippen molar-refractivity contribution in [3.05, 3.63) is 66.1 Å². The number of piperidine rings is 1. The van der Waals surface area contributed by atoms with Gasteiger partial charge in [-0.15, -0.1) is 0 Å². The molecule has 4 nitrogen and oxygen atoms in total. The van der Waals surface area contributed by atoms with E-state index in [4.69, 9.17) is 0 Å². The molecule has 0 atom stereocenters. The fourth-order valence-corrected chi connectivity index (χ4v) is 4.30. The predicted molar refractivity (Wildman–Crippen MR) is 112 cm³/mol. The van der Waals surface area contributed by atoms with Crippen molar-refractivity contribution in [2.45, 2.75) is 38.8 Å². The van der Waals surface area contributed by atoms with Gasteiger partial charge in [0.05, 0.1) is 0 Å². The Morgan fingerprint density at radius 2 is 2.00 bits per heavy atom. The van der Waals surface area contributed by atoms with Crippen LogP contribution in [0.3, 0.4) is 0 Å². The molecule has 1 aliphatic heterocycles.